The largest absolute Gasteiger partial charge is 0.443 e. The van der Waals surface area contributed by atoms with Gasteiger partial charge in [-0.15, -0.1) is 0 Å². The van der Waals surface area contributed by atoms with E-state index in [2.05, 4.69) is 6.92 Å². The van der Waals surface area contributed by atoms with Crippen LogP contribution in [0.1, 0.15) is 90.7 Å². The van der Waals surface area contributed by atoms with Crippen molar-refractivity contribution in [1.82, 2.24) is 9.62 Å². The van der Waals surface area contributed by atoms with Crippen LogP contribution in [0, 0.1) is 0 Å². The summed E-state index contributed by atoms with van der Waals surface area (Å²) < 4.78 is 39.6. The zero-order valence-corrected chi connectivity index (χ0v) is 26.2. The first-order valence-electron chi connectivity index (χ1n) is 14.8. The van der Waals surface area contributed by atoms with E-state index in [1.54, 1.807) is 39.0 Å². The molecule has 1 aliphatic carbocycles. The van der Waals surface area contributed by atoms with Gasteiger partial charge in [0, 0.05) is 18.6 Å². The molecule has 2 aromatic rings. The maximum atomic E-state index is 13.7. The van der Waals surface area contributed by atoms with Crippen LogP contribution in [-0.4, -0.2) is 48.9 Å². The summed E-state index contributed by atoms with van der Waals surface area (Å²) in [5, 5.41) is 0. The molecule has 1 heterocycles. The maximum absolute atomic E-state index is 13.7. The van der Waals surface area contributed by atoms with Crippen molar-refractivity contribution in [2.45, 2.75) is 109 Å². The van der Waals surface area contributed by atoms with E-state index >= 15 is 0 Å². The van der Waals surface area contributed by atoms with E-state index in [0.29, 0.717) is 24.3 Å². The molecule has 10 heteroatoms. The van der Waals surface area contributed by atoms with Crippen LogP contribution in [0.5, 0.6) is 0 Å². The van der Waals surface area contributed by atoms with Gasteiger partial charge in [0.1, 0.15) is 17.0 Å². The Balaban J connectivity index is 1.67. The first-order valence-corrected chi connectivity index (χ1v) is 16.3. The molecule has 1 fully saturated rings. The molecule has 2 aromatic carbocycles. The highest BCUT2D eigenvalue weighted by atomic mass is 32.2. The lowest BCUT2D eigenvalue weighted by molar-refractivity contribution is -0.131. The molecule has 9 nitrogen and oxygen atoms in total. The van der Waals surface area contributed by atoms with Crippen LogP contribution < -0.4 is 4.72 Å². The van der Waals surface area contributed by atoms with Gasteiger partial charge in [-0.05, 0) is 69.7 Å². The van der Waals surface area contributed by atoms with E-state index in [9.17, 15) is 18.0 Å². The molecule has 228 valence electrons. The second kappa shape index (κ2) is 13.0. The molecule has 1 spiro atoms. The van der Waals surface area contributed by atoms with Crippen LogP contribution in [0.3, 0.4) is 0 Å². The number of carbonyl (C=O) groups excluding carboxylic acids is 2. The second-order valence-electron chi connectivity index (χ2n) is 12.0. The first kappa shape index (κ1) is 31.7. The molecule has 1 saturated carbocycles. The fourth-order valence-corrected chi connectivity index (χ4v) is 6.70. The Hall–Kier alpha value is -3.24. The van der Waals surface area contributed by atoms with Gasteiger partial charge in [-0.2, -0.15) is 0 Å². The fourth-order valence-electron chi connectivity index (χ4n) is 5.61. The molecule has 0 saturated heterocycles. The van der Waals surface area contributed by atoms with E-state index in [4.69, 9.17) is 14.5 Å². The van der Waals surface area contributed by atoms with Crippen molar-refractivity contribution < 1.29 is 27.5 Å². The number of nitrogens with zero attached hydrogens (tertiary/aromatic N) is 2. The van der Waals surface area contributed by atoms with Gasteiger partial charge >= 0.3 is 6.09 Å². The monoisotopic (exact) mass is 597 g/mol. The molecular weight excluding hydrogens is 554 g/mol. The number of rotatable bonds is 11. The molecule has 42 heavy (non-hydrogen) atoms. The molecule has 0 bridgehead atoms. The van der Waals surface area contributed by atoms with Crippen molar-refractivity contribution in [2.75, 3.05) is 6.61 Å². The summed E-state index contributed by atoms with van der Waals surface area (Å²) in [5.74, 6) is 0.954. The Kier molecular flexibility index (Phi) is 9.77. The molecule has 0 aromatic heterocycles. The van der Waals surface area contributed by atoms with Gasteiger partial charge in [0.15, 0.2) is 0 Å². The SMILES string of the molecule is CCCCC1=NC2(CCCC2)C(=O)N1Cc1ccc(-c2ccccc2S(=O)(=O)NC(=O)OC(C)(C)C)c(COCC)c1. The van der Waals surface area contributed by atoms with E-state index in [-0.39, 0.29) is 17.4 Å². The maximum Gasteiger partial charge on any atom is 0.421 e. The number of sulfonamides is 1. The molecular formula is C32H43N3O6S. The number of carbonyl (C=O) groups is 2. The number of unbranched alkanes of at least 4 members (excludes halogenated alkanes) is 1. The third-order valence-corrected chi connectivity index (χ3v) is 8.91. The van der Waals surface area contributed by atoms with Gasteiger partial charge in [0.05, 0.1) is 18.0 Å². The van der Waals surface area contributed by atoms with E-state index < -0.39 is 27.3 Å². The van der Waals surface area contributed by atoms with Crippen molar-refractivity contribution >= 4 is 27.9 Å². The van der Waals surface area contributed by atoms with Crippen molar-refractivity contribution in [3.63, 3.8) is 0 Å². The highest BCUT2D eigenvalue weighted by Gasteiger charge is 2.49. The topological polar surface area (TPSA) is 114 Å². The number of ether oxygens (including phenoxy) is 2. The van der Waals surface area contributed by atoms with Crippen molar-refractivity contribution in [3.05, 3.63) is 53.6 Å². The summed E-state index contributed by atoms with van der Waals surface area (Å²) in [6.45, 7) is 10.1. The fraction of sp³-hybridized carbons (Fsp3) is 0.531. The molecule has 0 unspecified atom stereocenters. The number of hydrogen-bond acceptors (Lipinski definition) is 7. The van der Waals surface area contributed by atoms with Gasteiger partial charge in [-0.3, -0.25) is 14.7 Å². The molecule has 0 atom stereocenters. The number of hydrogen-bond donors (Lipinski definition) is 1. The zero-order valence-electron chi connectivity index (χ0n) is 25.4. The Morgan fingerprint density at radius 1 is 1.07 bits per heavy atom. The summed E-state index contributed by atoms with van der Waals surface area (Å²) in [6, 6.07) is 12.3. The third kappa shape index (κ3) is 7.21. The predicted octanol–water partition coefficient (Wildman–Crippen LogP) is 6.35. The summed E-state index contributed by atoms with van der Waals surface area (Å²) in [4.78, 5) is 32.8. The molecule has 1 N–H and O–H groups in total. The van der Waals surface area contributed by atoms with Crippen LogP contribution in [0.15, 0.2) is 52.4 Å². The van der Waals surface area contributed by atoms with Gasteiger partial charge in [0.25, 0.3) is 15.9 Å². The Bertz CT molecular complexity index is 1440. The zero-order chi connectivity index (χ0) is 30.5. The third-order valence-electron chi connectivity index (χ3n) is 7.54. The highest BCUT2D eigenvalue weighted by Crippen LogP contribution is 2.40. The Morgan fingerprint density at radius 3 is 2.45 bits per heavy atom. The number of nitrogens with one attached hydrogen (secondary N) is 1. The van der Waals surface area contributed by atoms with Crippen LogP contribution >= 0.6 is 0 Å². The molecule has 1 aliphatic heterocycles. The molecule has 2 amide bonds. The quantitative estimate of drug-likeness (QED) is 0.323. The van der Waals surface area contributed by atoms with Crippen LogP contribution in [0.2, 0.25) is 0 Å². The summed E-state index contributed by atoms with van der Waals surface area (Å²) in [5.41, 5.74) is 1.33. The molecule has 2 aliphatic rings. The minimum absolute atomic E-state index is 0.0479. The standard InChI is InChI=1S/C32H43N3O6S/c1-6-8-15-28-33-32(18-11-12-19-32)29(36)35(28)21-23-16-17-25(24(20-23)22-40-7-2)26-13-9-10-14-27(26)42(38,39)34-30(37)41-31(3,4)5/h9-10,13-14,16-17,20H,6-8,11-12,15,18-19,21-22H2,1-5H3,(H,34,37). The minimum atomic E-state index is -4.25. The number of amidine groups is 1. The highest BCUT2D eigenvalue weighted by molar-refractivity contribution is 7.90. The molecule has 0 radical (unpaired) electrons. The average Bonchev–Trinajstić information content (AvgIpc) is 3.50. The van der Waals surface area contributed by atoms with Crippen molar-refractivity contribution in [2.24, 2.45) is 4.99 Å². The van der Waals surface area contributed by atoms with Crippen molar-refractivity contribution in [3.8, 4) is 11.1 Å². The average molecular weight is 598 g/mol. The summed E-state index contributed by atoms with van der Waals surface area (Å²) in [6.07, 6.45) is 5.35. The lowest BCUT2D eigenvalue weighted by atomic mass is 9.96. The van der Waals surface area contributed by atoms with Gasteiger partial charge < -0.3 is 9.47 Å². The van der Waals surface area contributed by atoms with Gasteiger partial charge in [-0.25, -0.2) is 17.9 Å². The van der Waals surface area contributed by atoms with Gasteiger partial charge in [0.2, 0.25) is 0 Å². The summed E-state index contributed by atoms with van der Waals surface area (Å²) in [7, 11) is -4.25. The predicted molar refractivity (Wildman–Crippen MR) is 162 cm³/mol. The van der Waals surface area contributed by atoms with E-state index in [1.807, 2.05) is 34.7 Å². The Morgan fingerprint density at radius 2 is 1.79 bits per heavy atom. The van der Waals surface area contributed by atoms with Crippen molar-refractivity contribution in [1.29, 1.82) is 0 Å². The lowest BCUT2D eigenvalue weighted by Crippen LogP contribution is -2.40. The number of benzene rings is 2. The normalized spacial score (nSPS) is 16.6. The van der Waals surface area contributed by atoms with Crippen LogP contribution in [-0.2, 0) is 37.4 Å². The van der Waals surface area contributed by atoms with Crippen LogP contribution in [0.25, 0.3) is 11.1 Å². The lowest BCUT2D eigenvalue weighted by Gasteiger charge is -2.23. The number of aliphatic imine (C=N–C) groups is 1. The first-order chi connectivity index (χ1) is 19.9. The number of amides is 2. The van der Waals surface area contributed by atoms with E-state index in [1.165, 1.54) is 6.07 Å². The smallest absolute Gasteiger partial charge is 0.421 e. The molecule has 4 rings (SSSR count). The van der Waals surface area contributed by atoms with Gasteiger partial charge in [-0.1, -0.05) is 62.6 Å². The summed E-state index contributed by atoms with van der Waals surface area (Å²) >= 11 is 0. The van der Waals surface area contributed by atoms with E-state index in [0.717, 1.165) is 61.9 Å². The van der Waals surface area contributed by atoms with Crippen LogP contribution in [0.4, 0.5) is 4.79 Å². The Labute approximate surface area is 249 Å². The second-order valence-corrected chi connectivity index (χ2v) is 13.6. The minimum Gasteiger partial charge on any atom is -0.443 e.